The molecular weight excluding hydrogens is 288 g/mol. The number of hydrogen-bond acceptors (Lipinski definition) is 5. The van der Waals surface area contributed by atoms with Gasteiger partial charge in [0.15, 0.2) is 0 Å². The van der Waals surface area contributed by atoms with Crippen molar-refractivity contribution in [3.05, 3.63) is 23.1 Å². The number of nitrogens with one attached hydrogen (secondary N) is 1. The molecule has 0 bridgehead atoms. The molecule has 6 heteroatoms. The van der Waals surface area contributed by atoms with Gasteiger partial charge in [-0.3, -0.25) is 4.79 Å². The molecule has 0 saturated heterocycles. The fourth-order valence-electron chi connectivity index (χ4n) is 2.01. The van der Waals surface area contributed by atoms with Crippen molar-refractivity contribution in [1.82, 2.24) is 10.2 Å². The summed E-state index contributed by atoms with van der Waals surface area (Å²) >= 11 is 1.43. The highest BCUT2D eigenvalue weighted by Crippen LogP contribution is 2.39. The minimum Gasteiger partial charge on any atom is -0.497 e. The van der Waals surface area contributed by atoms with Crippen molar-refractivity contribution in [2.45, 2.75) is 0 Å². The lowest BCUT2D eigenvalue weighted by Crippen LogP contribution is -2.31. The Morgan fingerprint density at radius 2 is 2.05 bits per heavy atom. The SMILES string of the molecule is COc1ccc2sc(C(=O)NCCN(C)C)c(OC)c2c1. The molecule has 0 aliphatic rings. The average Bonchev–Trinajstić information content (AvgIpc) is 2.84. The van der Waals surface area contributed by atoms with Crippen molar-refractivity contribution in [2.75, 3.05) is 41.4 Å². The van der Waals surface area contributed by atoms with E-state index in [0.29, 0.717) is 17.2 Å². The highest BCUT2D eigenvalue weighted by atomic mass is 32.1. The van der Waals surface area contributed by atoms with Crippen LogP contribution in [-0.4, -0.2) is 52.2 Å². The second kappa shape index (κ2) is 6.78. The number of hydrogen-bond donors (Lipinski definition) is 1. The number of ether oxygens (including phenoxy) is 2. The molecule has 1 amide bonds. The van der Waals surface area contributed by atoms with Crippen LogP contribution < -0.4 is 14.8 Å². The zero-order valence-corrected chi connectivity index (χ0v) is 13.5. The summed E-state index contributed by atoms with van der Waals surface area (Å²) in [6.45, 7) is 1.40. The molecule has 114 valence electrons. The summed E-state index contributed by atoms with van der Waals surface area (Å²) in [5, 5.41) is 3.82. The summed E-state index contributed by atoms with van der Waals surface area (Å²) < 4.78 is 11.7. The van der Waals surface area contributed by atoms with Crippen LogP contribution in [0.5, 0.6) is 11.5 Å². The van der Waals surface area contributed by atoms with Gasteiger partial charge < -0.3 is 19.7 Å². The van der Waals surface area contributed by atoms with Gasteiger partial charge in [0.2, 0.25) is 0 Å². The Morgan fingerprint density at radius 3 is 2.67 bits per heavy atom. The second-order valence-electron chi connectivity index (χ2n) is 4.89. The predicted octanol–water partition coefficient (Wildman–Crippen LogP) is 2.21. The number of thiophene rings is 1. The number of nitrogens with zero attached hydrogens (tertiary/aromatic N) is 1. The second-order valence-corrected chi connectivity index (χ2v) is 5.94. The third kappa shape index (κ3) is 3.46. The van der Waals surface area contributed by atoms with Gasteiger partial charge in [0, 0.05) is 23.2 Å². The highest BCUT2D eigenvalue weighted by molar-refractivity contribution is 7.21. The monoisotopic (exact) mass is 308 g/mol. The van der Waals surface area contributed by atoms with E-state index in [-0.39, 0.29) is 5.91 Å². The molecule has 5 nitrogen and oxygen atoms in total. The Kier molecular flexibility index (Phi) is 5.03. The van der Waals surface area contributed by atoms with E-state index < -0.39 is 0 Å². The maximum atomic E-state index is 12.3. The third-order valence-corrected chi connectivity index (χ3v) is 4.26. The fourth-order valence-corrected chi connectivity index (χ4v) is 3.07. The smallest absolute Gasteiger partial charge is 0.265 e. The molecule has 0 aliphatic carbocycles. The number of benzene rings is 1. The molecule has 2 rings (SSSR count). The Labute approximate surface area is 128 Å². The lowest BCUT2D eigenvalue weighted by atomic mass is 10.2. The number of rotatable bonds is 6. The molecule has 1 aromatic carbocycles. The molecule has 0 aliphatic heterocycles. The van der Waals surface area contributed by atoms with Crippen molar-refractivity contribution in [3.8, 4) is 11.5 Å². The van der Waals surface area contributed by atoms with Crippen molar-refractivity contribution >= 4 is 27.3 Å². The normalized spacial score (nSPS) is 10.9. The van der Waals surface area contributed by atoms with Crippen LogP contribution in [0.1, 0.15) is 9.67 Å². The van der Waals surface area contributed by atoms with E-state index in [2.05, 4.69) is 5.32 Å². The van der Waals surface area contributed by atoms with Crippen molar-refractivity contribution in [2.24, 2.45) is 0 Å². The van der Waals surface area contributed by atoms with Gasteiger partial charge in [-0.15, -0.1) is 11.3 Å². The molecule has 1 aromatic heterocycles. The predicted molar refractivity (Wildman–Crippen MR) is 85.8 cm³/mol. The summed E-state index contributed by atoms with van der Waals surface area (Å²) in [5.41, 5.74) is 0. The van der Waals surface area contributed by atoms with Gasteiger partial charge in [0.25, 0.3) is 5.91 Å². The number of fused-ring (bicyclic) bond motifs is 1. The van der Waals surface area contributed by atoms with E-state index in [9.17, 15) is 4.79 Å². The van der Waals surface area contributed by atoms with Gasteiger partial charge in [-0.1, -0.05) is 0 Å². The molecule has 0 saturated carbocycles. The first-order valence-corrected chi connectivity index (χ1v) is 7.46. The van der Waals surface area contributed by atoms with Crippen LogP contribution in [0.15, 0.2) is 18.2 Å². The van der Waals surface area contributed by atoms with Crippen LogP contribution >= 0.6 is 11.3 Å². The summed E-state index contributed by atoms with van der Waals surface area (Å²) in [5.74, 6) is 1.25. The van der Waals surface area contributed by atoms with Crippen LogP contribution in [0.25, 0.3) is 10.1 Å². The molecule has 0 radical (unpaired) electrons. The van der Waals surface area contributed by atoms with E-state index in [4.69, 9.17) is 9.47 Å². The van der Waals surface area contributed by atoms with Gasteiger partial charge in [0.1, 0.15) is 16.4 Å². The molecule has 1 heterocycles. The van der Waals surface area contributed by atoms with Gasteiger partial charge in [0.05, 0.1) is 14.2 Å². The highest BCUT2D eigenvalue weighted by Gasteiger charge is 2.19. The zero-order chi connectivity index (χ0) is 15.4. The van der Waals surface area contributed by atoms with Gasteiger partial charge in [-0.25, -0.2) is 0 Å². The van der Waals surface area contributed by atoms with Crippen LogP contribution in [0.2, 0.25) is 0 Å². The molecule has 0 fully saturated rings. The maximum absolute atomic E-state index is 12.3. The summed E-state index contributed by atoms with van der Waals surface area (Å²) in [6, 6.07) is 5.71. The van der Waals surface area contributed by atoms with E-state index in [0.717, 1.165) is 22.4 Å². The van der Waals surface area contributed by atoms with Gasteiger partial charge in [-0.2, -0.15) is 0 Å². The molecule has 0 atom stereocenters. The third-order valence-electron chi connectivity index (χ3n) is 3.10. The van der Waals surface area contributed by atoms with E-state index in [1.165, 1.54) is 11.3 Å². The first kappa shape index (κ1) is 15.6. The van der Waals surface area contributed by atoms with Gasteiger partial charge >= 0.3 is 0 Å². The Bertz CT molecular complexity index is 637. The largest absolute Gasteiger partial charge is 0.497 e. The van der Waals surface area contributed by atoms with Crippen LogP contribution in [0.3, 0.4) is 0 Å². The first-order valence-electron chi connectivity index (χ1n) is 6.64. The maximum Gasteiger partial charge on any atom is 0.265 e. The minimum absolute atomic E-state index is 0.103. The van der Waals surface area contributed by atoms with Crippen LogP contribution in [0.4, 0.5) is 0 Å². The number of methoxy groups -OCH3 is 2. The van der Waals surface area contributed by atoms with Crippen LogP contribution in [-0.2, 0) is 0 Å². The summed E-state index contributed by atoms with van der Waals surface area (Å²) in [7, 11) is 7.14. The lowest BCUT2D eigenvalue weighted by molar-refractivity contribution is 0.0952. The lowest BCUT2D eigenvalue weighted by Gasteiger charge is -2.10. The number of amides is 1. The quantitative estimate of drug-likeness (QED) is 0.889. The molecule has 2 aromatic rings. The Morgan fingerprint density at radius 1 is 1.29 bits per heavy atom. The number of carbonyl (C=O) groups is 1. The molecule has 0 unspecified atom stereocenters. The molecule has 1 N–H and O–H groups in total. The zero-order valence-electron chi connectivity index (χ0n) is 12.7. The molecular formula is C15H20N2O3S. The first-order chi connectivity index (χ1) is 10.1. The van der Waals surface area contributed by atoms with Crippen LogP contribution in [0, 0.1) is 0 Å². The topological polar surface area (TPSA) is 50.8 Å². The Balaban J connectivity index is 2.28. The van der Waals surface area contributed by atoms with Gasteiger partial charge in [-0.05, 0) is 32.3 Å². The van der Waals surface area contributed by atoms with Crippen molar-refractivity contribution in [3.63, 3.8) is 0 Å². The van der Waals surface area contributed by atoms with Crippen molar-refractivity contribution < 1.29 is 14.3 Å². The molecule has 0 spiro atoms. The number of carbonyl (C=O) groups excluding carboxylic acids is 1. The average molecular weight is 308 g/mol. The number of likely N-dealkylation sites (N-methyl/N-ethyl adjacent to an activating group) is 1. The fraction of sp³-hybridized carbons (Fsp3) is 0.400. The standard InChI is InChI=1S/C15H20N2O3S/c1-17(2)8-7-16-15(18)14-13(20-4)11-9-10(19-3)5-6-12(11)21-14/h5-6,9H,7-8H2,1-4H3,(H,16,18). The minimum atomic E-state index is -0.103. The Hall–Kier alpha value is -1.79. The van der Waals surface area contributed by atoms with E-state index >= 15 is 0 Å². The van der Waals surface area contributed by atoms with Crippen molar-refractivity contribution in [1.29, 1.82) is 0 Å². The summed E-state index contributed by atoms with van der Waals surface area (Å²) in [6.07, 6.45) is 0. The van der Waals surface area contributed by atoms with E-state index in [1.54, 1.807) is 14.2 Å². The van der Waals surface area contributed by atoms with E-state index in [1.807, 2.05) is 37.2 Å². The molecule has 21 heavy (non-hydrogen) atoms. The summed E-state index contributed by atoms with van der Waals surface area (Å²) in [4.78, 5) is 14.9.